The number of benzene rings is 2. The number of nitro groups is 1. The highest BCUT2D eigenvalue weighted by Crippen LogP contribution is 2.25. The first-order valence-electron chi connectivity index (χ1n) is 9.42. The molecule has 29 heavy (non-hydrogen) atoms. The SMILES string of the molecule is COc1ccc(CCN2CCN(S(=O)(=O)c3cc([N+](=O)[O-])ccc3C)CC2)cc1. The molecular formula is C20H25N3O5S. The van der Waals surface area contributed by atoms with Crippen molar-refractivity contribution >= 4 is 15.7 Å². The molecule has 1 aliphatic heterocycles. The summed E-state index contributed by atoms with van der Waals surface area (Å²) in [6.45, 7) is 4.49. The maximum atomic E-state index is 13.0. The number of aryl methyl sites for hydroxylation is 1. The van der Waals surface area contributed by atoms with Gasteiger partial charge in [-0.25, -0.2) is 8.42 Å². The number of rotatable bonds is 7. The summed E-state index contributed by atoms with van der Waals surface area (Å²) in [7, 11) is -2.12. The van der Waals surface area contributed by atoms with Gasteiger partial charge in [0, 0.05) is 44.9 Å². The molecule has 9 heteroatoms. The number of non-ortho nitro benzene ring substituents is 1. The molecule has 156 valence electrons. The van der Waals surface area contributed by atoms with E-state index < -0.39 is 14.9 Å². The number of methoxy groups -OCH3 is 1. The van der Waals surface area contributed by atoms with Crippen LogP contribution in [0, 0.1) is 17.0 Å². The number of hydrogen-bond donors (Lipinski definition) is 0. The van der Waals surface area contributed by atoms with E-state index in [4.69, 9.17) is 4.74 Å². The Morgan fingerprint density at radius 2 is 1.72 bits per heavy atom. The lowest BCUT2D eigenvalue weighted by Crippen LogP contribution is -2.49. The molecule has 1 heterocycles. The molecule has 0 unspecified atom stereocenters. The molecule has 3 rings (SSSR count). The summed E-state index contributed by atoms with van der Waals surface area (Å²) < 4.78 is 32.6. The Morgan fingerprint density at radius 1 is 1.07 bits per heavy atom. The number of ether oxygens (including phenoxy) is 1. The van der Waals surface area contributed by atoms with E-state index in [1.54, 1.807) is 14.0 Å². The Morgan fingerprint density at radius 3 is 2.31 bits per heavy atom. The van der Waals surface area contributed by atoms with Crippen LogP contribution in [-0.4, -0.2) is 62.4 Å². The van der Waals surface area contributed by atoms with Crippen LogP contribution in [0.15, 0.2) is 47.4 Å². The molecule has 0 aliphatic carbocycles. The quantitative estimate of drug-likeness (QED) is 0.506. The van der Waals surface area contributed by atoms with Gasteiger partial charge in [-0.05, 0) is 36.6 Å². The monoisotopic (exact) mass is 419 g/mol. The second-order valence-electron chi connectivity index (χ2n) is 7.05. The van der Waals surface area contributed by atoms with Crippen LogP contribution < -0.4 is 4.74 Å². The number of nitrogens with zero attached hydrogens (tertiary/aromatic N) is 3. The van der Waals surface area contributed by atoms with Crippen LogP contribution in [-0.2, 0) is 16.4 Å². The molecular weight excluding hydrogens is 394 g/mol. The maximum Gasteiger partial charge on any atom is 0.270 e. The lowest BCUT2D eigenvalue weighted by Gasteiger charge is -2.34. The molecule has 0 radical (unpaired) electrons. The van der Waals surface area contributed by atoms with Gasteiger partial charge in [0.2, 0.25) is 10.0 Å². The largest absolute Gasteiger partial charge is 0.497 e. The third kappa shape index (κ3) is 4.92. The van der Waals surface area contributed by atoms with Gasteiger partial charge in [-0.1, -0.05) is 18.2 Å². The molecule has 2 aromatic rings. The highest BCUT2D eigenvalue weighted by atomic mass is 32.2. The van der Waals surface area contributed by atoms with Gasteiger partial charge in [0.1, 0.15) is 5.75 Å². The fraction of sp³-hybridized carbons (Fsp3) is 0.400. The topological polar surface area (TPSA) is 93.0 Å². The van der Waals surface area contributed by atoms with Crippen LogP contribution in [0.4, 0.5) is 5.69 Å². The second kappa shape index (κ2) is 8.89. The number of sulfonamides is 1. The first-order valence-corrected chi connectivity index (χ1v) is 10.9. The molecule has 1 aliphatic rings. The van der Waals surface area contributed by atoms with E-state index in [0.29, 0.717) is 31.7 Å². The zero-order valence-electron chi connectivity index (χ0n) is 16.6. The van der Waals surface area contributed by atoms with Gasteiger partial charge in [-0.3, -0.25) is 10.1 Å². The molecule has 0 bridgehead atoms. The maximum absolute atomic E-state index is 13.0. The Balaban J connectivity index is 1.61. The van der Waals surface area contributed by atoms with Crippen molar-refractivity contribution in [3.05, 3.63) is 63.7 Å². The highest BCUT2D eigenvalue weighted by Gasteiger charge is 2.30. The van der Waals surface area contributed by atoms with Gasteiger partial charge in [0.25, 0.3) is 5.69 Å². The summed E-state index contributed by atoms with van der Waals surface area (Å²) in [5.41, 5.74) is 1.50. The third-order valence-electron chi connectivity index (χ3n) is 5.21. The summed E-state index contributed by atoms with van der Waals surface area (Å²) in [5, 5.41) is 11.0. The molecule has 1 saturated heterocycles. The van der Waals surface area contributed by atoms with Crippen molar-refractivity contribution in [1.82, 2.24) is 9.21 Å². The van der Waals surface area contributed by atoms with E-state index in [2.05, 4.69) is 4.90 Å². The van der Waals surface area contributed by atoms with Crippen molar-refractivity contribution in [3.63, 3.8) is 0 Å². The van der Waals surface area contributed by atoms with Crippen LogP contribution >= 0.6 is 0 Å². The lowest BCUT2D eigenvalue weighted by molar-refractivity contribution is -0.385. The van der Waals surface area contributed by atoms with Crippen LogP contribution in [0.2, 0.25) is 0 Å². The fourth-order valence-electron chi connectivity index (χ4n) is 3.39. The van der Waals surface area contributed by atoms with E-state index in [-0.39, 0.29) is 10.6 Å². The summed E-state index contributed by atoms with van der Waals surface area (Å²) in [4.78, 5) is 12.7. The minimum Gasteiger partial charge on any atom is -0.497 e. The summed E-state index contributed by atoms with van der Waals surface area (Å²) in [5.74, 6) is 0.823. The molecule has 0 saturated carbocycles. The van der Waals surface area contributed by atoms with Crippen LogP contribution in [0.5, 0.6) is 5.75 Å². The van der Waals surface area contributed by atoms with Crippen molar-refractivity contribution in [1.29, 1.82) is 0 Å². The molecule has 8 nitrogen and oxygen atoms in total. The van der Waals surface area contributed by atoms with Gasteiger partial charge < -0.3 is 9.64 Å². The molecule has 0 N–H and O–H groups in total. The van der Waals surface area contributed by atoms with Gasteiger partial charge in [0.15, 0.2) is 0 Å². The average molecular weight is 420 g/mol. The molecule has 0 amide bonds. The molecule has 2 aromatic carbocycles. The molecule has 0 aromatic heterocycles. The van der Waals surface area contributed by atoms with Gasteiger partial charge >= 0.3 is 0 Å². The number of piperazine rings is 1. The van der Waals surface area contributed by atoms with Gasteiger partial charge in [-0.2, -0.15) is 4.31 Å². The van der Waals surface area contributed by atoms with Crippen LogP contribution in [0.25, 0.3) is 0 Å². The first kappa shape index (κ1) is 21.2. The van der Waals surface area contributed by atoms with Gasteiger partial charge in [-0.15, -0.1) is 0 Å². The predicted molar refractivity (Wildman–Crippen MR) is 110 cm³/mol. The standard InChI is InChI=1S/C20H25N3O5S/c1-16-3-6-18(23(24)25)15-20(16)29(26,27)22-13-11-21(12-14-22)10-9-17-4-7-19(28-2)8-5-17/h3-8,15H,9-14H2,1-2H3. The molecule has 0 atom stereocenters. The van der Waals surface area contributed by atoms with E-state index in [1.165, 1.54) is 22.0 Å². The smallest absolute Gasteiger partial charge is 0.270 e. The Labute approximate surface area is 170 Å². The Bertz CT molecular complexity index is 968. The minimum absolute atomic E-state index is 0.0124. The summed E-state index contributed by atoms with van der Waals surface area (Å²) >= 11 is 0. The minimum atomic E-state index is -3.76. The van der Waals surface area contributed by atoms with Crippen molar-refractivity contribution in [2.75, 3.05) is 39.8 Å². The van der Waals surface area contributed by atoms with Crippen molar-refractivity contribution < 1.29 is 18.1 Å². The summed E-state index contributed by atoms with van der Waals surface area (Å²) in [6.07, 6.45) is 0.876. The highest BCUT2D eigenvalue weighted by molar-refractivity contribution is 7.89. The zero-order chi connectivity index (χ0) is 21.0. The van der Waals surface area contributed by atoms with Crippen LogP contribution in [0.1, 0.15) is 11.1 Å². The lowest BCUT2D eigenvalue weighted by atomic mass is 10.1. The van der Waals surface area contributed by atoms with Crippen molar-refractivity contribution in [2.24, 2.45) is 0 Å². The number of nitro benzene ring substituents is 1. The second-order valence-corrected chi connectivity index (χ2v) is 8.96. The molecule has 1 fully saturated rings. The van der Waals surface area contributed by atoms with Crippen molar-refractivity contribution in [2.45, 2.75) is 18.2 Å². The zero-order valence-corrected chi connectivity index (χ0v) is 17.4. The van der Waals surface area contributed by atoms with E-state index in [0.717, 1.165) is 24.8 Å². The van der Waals surface area contributed by atoms with Gasteiger partial charge in [0.05, 0.1) is 16.9 Å². The van der Waals surface area contributed by atoms with E-state index in [9.17, 15) is 18.5 Å². The Kier molecular flexibility index (Phi) is 6.51. The fourth-order valence-corrected chi connectivity index (χ4v) is 5.06. The Hall–Kier alpha value is -2.49. The van der Waals surface area contributed by atoms with E-state index >= 15 is 0 Å². The normalized spacial score (nSPS) is 15.9. The summed E-state index contributed by atoms with van der Waals surface area (Å²) in [6, 6.07) is 11.9. The molecule has 0 spiro atoms. The van der Waals surface area contributed by atoms with Crippen LogP contribution in [0.3, 0.4) is 0 Å². The third-order valence-corrected chi connectivity index (χ3v) is 7.25. The van der Waals surface area contributed by atoms with E-state index in [1.807, 2.05) is 24.3 Å². The van der Waals surface area contributed by atoms with Crippen molar-refractivity contribution in [3.8, 4) is 5.75 Å². The predicted octanol–water partition coefficient (Wildman–Crippen LogP) is 2.46. The number of hydrogen-bond acceptors (Lipinski definition) is 6. The average Bonchev–Trinajstić information content (AvgIpc) is 2.73. The first-order chi connectivity index (χ1) is 13.8.